The maximum absolute atomic E-state index is 12.4. The van der Waals surface area contributed by atoms with Crippen LogP contribution in [0.5, 0.6) is 0 Å². The van der Waals surface area contributed by atoms with Gasteiger partial charge in [0, 0.05) is 42.5 Å². The fraction of sp³-hybridized carbons (Fsp3) is 0.235. The summed E-state index contributed by atoms with van der Waals surface area (Å²) in [4.78, 5) is 26.4. The van der Waals surface area contributed by atoms with Crippen LogP contribution in [0.2, 0.25) is 5.02 Å². The smallest absolute Gasteiger partial charge is 0.269 e. The van der Waals surface area contributed by atoms with Crippen LogP contribution in [-0.4, -0.2) is 35.4 Å². The summed E-state index contributed by atoms with van der Waals surface area (Å²) in [6.07, 6.45) is 0. The largest absolute Gasteiger partial charge is 0.360 e. The van der Waals surface area contributed by atoms with E-state index in [2.05, 4.69) is 0 Å². The number of nitro benzene ring substituents is 1. The minimum Gasteiger partial charge on any atom is -0.360 e. The molecule has 0 atom stereocenters. The third kappa shape index (κ3) is 3.65. The van der Waals surface area contributed by atoms with Crippen molar-refractivity contribution in [3.63, 3.8) is 0 Å². The lowest BCUT2D eigenvalue weighted by molar-refractivity contribution is -0.384. The van der Waals surface area contributed by atoms with Crippen LogP contribution in [0.4, 0.5) is 11.4 Å². The molecular weight excluding hydrogens is 330 g/mol. The number of hydrogen-bond acceptors (Lipinski definition) is 4. The van der Waals surface area contributed by atoms with Crippen LogP contribution in [0.1, 0.15) is 5.56 Å². The van der Waals surface area contributed by atoms with E-state index in [0.717, 1.165) is 11.3 Å². The van der Waals surface area contributed by atoms with Crippen LogP contribution >= 0.6 is 11.6 Å². The van der Waals surface area contributed by atoms with Crippen molar-refractivity contribution in [1.82, 2.24) is 4.90 Å². The summed E-state index contributed by atoms with van der Waals surface area (Å²) in [7, 11) is 0. The molecule has 7 heteroatoms. The lowest BCUT2D eigenvalue weighted by atomic mass is 10.2. The number of anilines is 1. The number of nitro groups is 1. The van der Waals surface area contributed by atoms with Gasteiger partial charge in [0.15, 0.2) is 0 Å². The second-order valence-corrected chi connectivity index (χ2v) is 6.07. The average molecular weight is 346 g/mol. The quantitative estimate of drug-likeness (QED) is 0.631. The van der Waals surface area contributed by atoms with Crippen LogP contribution in [0.15, 0.2) is 48.5 Å². The van der Waals surface area contributed by atoms with Crippen LogP contribution in [-0.2, 0) is 11.3 Å². The number of benzene rings is 2. The number of carbonyl (C=O) groups excluding carboxylic acids is 1. The lowest BCUT2D eigenvalue weighted by Gasteiger charge is -2.35. The summed E-state index contributed by atoms with van der Waals surface area (Å²) >= 11 is 5.87. The number of non-ortho nitro benzene ring substituents is 1. The molecule has 1 aliphatic rings. The molecule has 0 saturated carbocycles. The minimum atomic E-state index is -0.432. The number of halogens is 1. The summed E-state index contributed by atoms with van der Waals surface area (Å²) in [5.74, 6) is 0.0366. The van der Waals surface area contributed by atoms with Gasteiger partial charge in [-0.05, 0) is 29.8 Å². The summed E-state index contributed by atoms with van der Waals surface area (Å²) in [5, 5.41) is 11.4. The van der Waals surface area contributed by atoms with E-state index in [4.69, 9.17) is 11.6 Å². The third-order valence-corrected chi connectivity index (χ3v) is 4.28. The van der Waals surface area contributed by atoms with Gasteiger partial charge in [-0.15, -0.1) is 0 Å². The average Bonchev–Trinajstić information content (AvgIpc) is 2.58. The third-order valence-electron chi connectivity index (χ3n) is 4.03. The molecule has 1 amide bonds. The molecule has 24 heavy (non-hydrogen) atoms. The number of nitrogens with zero attached hydrogens (tertiary/aromatic N) is 3. The van der Waals surface area contributed by atoms with Gasteiger partial charge >= 0.3 is 0 Å². The van der Waals surface area contributed by atoms with Gasteiger partial charge in [0.2, 0.25) is 5.91 Å². The van der Waals surface area contributed by atoms with E-state index in [-0.39, 0.29) is 18.1 Å². The normalized spacial score (nSPS) is 14.8. The maximum Gasteiger partial charge on any atom is 0.269 e. The highest BCUT2D eigenvalue weighted by atomic mass is 35.5. The van der Waals surface area contributed by atoms with Crippen LogP contribution in [0.3, 0.4) is 0 Å². The first-order valence-corrected chi connectivity index (χ1v) is 7.92. The van der Waals surface area contributed by atoms with E-state index in [1.165, 1.54) is 12.1 Å². The zero-order chi connectivity index (χ0) is 17.1. The molecule has 0 N–H and O–H groups in total. The molecular formula is C17H16ClN3O3. The van der Waals surface area contributed by atoms with Crippen molar-refractivity contribution in [2.24, 2.45) is 0 Å². The Bertz CT molecular complexity index is 747. The Kier molecular flexibility index (Phi) is 4.66. The Balaban J connectivity index is 1.63. The molecule has 0 unspecified atom stereocenters. The monoisotopic (exact) mass is 345 g/mol. The highest BCUT2D eigenvalue weighted by Gasteiger charge is 2.24. The van der Waals surface area contributed by atoms with E-state index in [1.807, 2.05) is 34.1 Å². The molecule has 6 nitrogen and oxygen atoms in total. The topological polar surface area (TPSA) is 66.7 Å². The molecule has 1 saturated heterocycles. The first-order valence-electron chi connectivity index (χ1n) is 7.54. The lowest BCUT2D eigenvalue weighted by Crippen LogP contribution is -2.50. The molecule has 0 radical (unpaired) electrons. The fourth-order valence-electron chi connectivity index (χ4n) is 2.69. The molecule has 124 valence electrons. The zero-order valence-corrected chi connectivity index (χ0v) is 13.6. The van der Waals surface area contributed by atoms with Gasteiger partial charge in [0.05, 0.1) is 11.5 Å². The molecule has 1 aliphatic heterocycles. The number of hydrogen-bond donors (Lipinski definition) is 0. The van der Waals surface area contributed by atoms with Crippen molar-refractivity contribution in [2.75, 3.05) is 24.5 Å². The summed E-state index contributed by atoms with van der Waals surface area (Å²) in [6, 6.07) is 13.7. The van der Waals surface area contributed by atoms with Gasteiger partial charge in [0.1, 0.15) is 0 Å². The van der Waals surface area contributed by atoms with Gasteiger partial charge in [-0.1, -0.05) is 23.7 Å². The van der Waals surface area contributed by atoms with E-state index in [1.54, 1.807) is 12.1 Å². The number of piperazine rings is 1. The minimum absolute atomic E-state index is 0.0366. The van der Waals surface area contributed by atoms with Crippen molar-refractivity contribution >= 4 is 28.9 Å². The maximum atomic E-state index is 12.4. The number of amides is 1. The summed E-state index contributed by atoms with van der Waals surface area (Å²) in [6.45, 7) is 2.13. The molecule has 1 heterocycles. The summed E-state index contributed by atoms with van der Waals surface area (Å²) in [5.41, 5.74) is 1.91. The highest BCUT2D eigenvalue weighted by molar-refractivity contribution is 6.30. The van der Waals surface area contributed by atoms with Gasteiger partial charge in [-0.25, -0.2) is 0 Å². The predicted octanol–water partition coefficient (Wildman–Crippen LogP) is 3.10. The molecule has 0 spiro atoms. The second kappa shape index (κ2) is 6.88. The van der Waals surface area contributed by atoms with Crippen LogP contribution < -0.4 is 4.90 Å². The molecule has 1 fully saturated rings. The molecule has 2 aromatic carbocycles. The highest BCUT2D eigenvalue weighted by Crippen LogP contribution is 2.21. The van der Waals surface area contributed by atoms with Crippen molar-refractivity contribution in [3.8, 4) is 0 Å². The molecule has 2 aromatic rings. The number of carbonyl (C=O) groups is 1. The molecule has 3 rings (SSSR count). The fourth-order valence-corrected chi connectivity index (χ4v) is 2.82. The van der Waals surface area contributed by atoms with Gasteiger partial charge in [-0.2, -0.15) is 0 Å². The molecule has 0 aromatic heterocycles. The standard InChI is InChI=1S/C17H16ClN3O3/c18-14-3-1-13(2-4-14)11-20-10-9-19(12-17(20)22)15-5-7-16(8-6-15)21(23)24/h1-8H,9-12H2. The molecule has 0 aliphatic carbocycles. The summed E-state index contributed by atoms with van der Waals surface area (Å²) < 4.78 is 0. The Labute approximate surface area is 144 Å². The second-order valence-electron chi connectivity index (χ2n) is 5.64. The zero-order valence-electron chi connectivity index (χ0n) is 12.9. The van der Waals surface area contributed by atoms with E-state index in [0.29, 0.717) is 24.7 Å². The van der Waals surface area contributed by atoms with Crippen molar-refractivity contribution < 1.29 is 9.72 Å². The first-order chi connectivity index (χ1) is 11.5. The SMILES string of the molecule is O=C1CN(c2ccc([N+](=O)[O-])cc2)CCN1Cc1ccc(Cl)cc1. The Morgan fingerprint density at radius 2 is 1.71 bits per heavy atom. The predicted molar refractivity (Wildman–Crippen MR) is 92.2 cm³/mol. The van der Waals surface area contributed by atoms with Crippen LogP contribution in [0.25, 0.3) is 0 Å². The van der Waals surface area contributed by atoms with Crippen molar-refractivity contribution in [1.29, 1.82) is 0 Å². The molecule has 0 bridgehead atoms. The van der Waals surface area contributed by atoms with Gasteiger partial charge in [-0.3, -0.25) is 14.9 Å². The van der Waals surface area contributed by atoms with Crippen LogP contribution in [0, 0.1) is 10.1 Å². The van der Waals surface area contributed by atoms with Crippen molar-refractivity contribution in [2.45, 2.75) is 6.54 Å². The number of rotatable bonds is 4. The Morgan fingerprint density at radius 1 is 1.04 bits per heavy atom. The Morgan fingerprint density at radius 3 is 2.29 bits per heavy atom. The first kappa shape index (κ1) is 16.3. The van der Waals surface area contributed by atoms with Gasteiger partial charge < -0.3 is 9.80 Å². The van der Waals surface area contributed by atoms with Gasteiger partial charge in [0.25, 0.3) is 5.69 Å². The Hall–Kier alpha value is -2.60. The van der Waals surface area contributed by atoms with E-state index < -0.39 is 4.92 Å². The van der Waals surface area contributed by atoms with E-state index >= 15 is 0 Å². The van der Waals surface area contributed by atoms with E-state index in [9.17, 15) is 14.9 Å². The van der Waals surface area contributed by atoms with Crippen molar-refractivity contribution in [3.05, 3.63) is 69.2 Å².